The fraction of sp³-hybridized carbons (Fsp3) is 0.0714. The Kier molecular flexibility index (Phi) is 2.90. The first-order valence-electron chi connectivity index (χ1n) is 5.65. The van der Waals surface area contributed by atoms with Gasteiger partial charge in [-0.25, -0.2) is 4.98 Å². The minimum absolute atomic E-state index is 0.476. The second-order valence-electron chi connectivity index (χ2n) is 3.95. The minimum Gasteiger partial charge on any atom is -0.459 e. The number of anilines is 1. The molecule has 0 atom stereocenters. The summed E-state index contributed by atoms with van der Waals surface area (Å²) in [4.78, 5) is 4.15. The molecule has 0 unspecified atom stereocenters. The number of hydrogen-bond acceptors (Lipinski definition) is 3. The maximum Gasteiger partial charge on any atom is 0.134 e. The van der Waals surface area contributed by atoms with E-state index >= 15 is 0 Å². The van der Waals surface area contributed by atoms with Crippen molar-refractivity contribution in [3.8, 4) is 0 Å². The van der Waals surface area contributed by atoms with E-state index in [1.54, 1.807) is 6.07 Å². The summed E-state index contributed by atoms with van der Waals surface area (Å²) in [7, 11) is 0. The van der Waals surface area contributed by atoms with E-state index in [2.05, 4.69) is 10.3 Å². The molecule has 0 aliphatic rings. The van der Waals surface area contributed by atoms with Crippen LogP contribution in [-0.4, -0.2) is 4.98 Å². The average molecular weight is 259 g/mol. The second kappa shape index (κ2) is 4.70. The summed E-state index contributed by atoms with van der Waals surface area (Å²) in [6.45, 7) is 0.585. The van der Waals surface area contributed by atoms with Crippen molar-refractivity contribution in [3.05, 3.63) is 59.4 Å². The number of fused-ring (bicyclic) bond motifs is 1. The number of aromatic nitrogens is 1. The van der Waals surface area contributed by atoms with Crippen molar-refractivity contribution < 1.29 is 4.42 Å². The Balaban J connectivity index is 1.76. The van der Waals surface area contributed by atoms with Gasteiger partial charge in [-0.3, -0.25) is 0 Å². The van der Waals surface area contributed by atoms with E-state index in [1.807, 2.05) is 42.5 Å². The summed E-state index contributed by atoms with van der Waals surface area (Å²) in [5.41, 5.74) is 0.897. The summed E-state index contributed by atoms with van der Waals surface area (Å²) < 4.78 is 5.70. The number of furan rings is 1. The standard InChI is InChI=1S/C14H11ClN2O/c15-13-6-3-7-14(17-13)16-9-11-8-10-4-1-2-5-12(10)18-11/h1-8H,9H2,(H,16,17). The van der Waals surface area contributed by atoms with Crippen LogP contribution in [0.15, 0.2) is 52.9 Å². The van der Waals surface area contributed by atoms with Crippen LogP contribution in [0, 0.1) is 0 Å². The quantitative estimate of drug-likeness (QED) is 0.719. The van der Waals surface area contributed by atoms with Gasteiger partial charge in [-0.15, -0.1) is 0 Å². The Morgan fingerprint density at radius 2 is 2.00 bits per heavy atom. The molecule has 0 spiro atoms. The van der Waals surface area contributed by atoms with Crippen molar-refractivity contribution in [1.82, 2.24) is 4.98 Å². The lowest BCUT2D eigenvalue weighted by molar-refractivity contribution is 0.559. The maximum absolute atomic E-state index is 5.82. The van der Waals surface area contributed by atoms with E-state index in [9.17, 15) is 0 Å². The van der Waals surface area contributed by atoms with E-state index < -0.39 is 0 Å². The van der Waals surface area contributed by atoms with Gasteiger partial charge in [-0.05, 0) is 24.3 Å². The number of para-hydroxylation sites is 1. The molecule has 0 saturated carbocycles. The Hall–Kier alpha value is -2.00. The Bertz CT molecular complexity index is 645. The highest BCUT2D eigenvalue weighted by molar-refractivity contribution is 6.29. The van der Waals surface area contributed by atoms with Crippen LogP contribution in [0.3, 0.4) is 0 Å². The molecule has 18 heavy (non-hydrogen) atoms. The van der Waals surface area contributed by atoms with Crippen LogP contribution in [-0.2, 0) is 6.54 Å². The van der Waals surface area contributed by atoms with E-state index in [-0.39, 0.29) is 0 Å². The highest BCUT2D eigenvalue weighted by Crippen LogP contribution is 2.19. The van der Waals surface area contributed by atoms with E-state index in [4.69, 9.17) is 16.0 Å². The lowest BCUT2D eigenvalue weighted by Crippen LogP contribution is -1.99. The van der Waals surface area contributed by atoms with Crippen LogP contribution in [0.4, 0.5) is 5.82 Å². The molecule has 2 heterocycles. The van der Waals surface area contributed by atoms with Gasteiger partial charge in [0.25, 0.3) is 0 Å². The molecule has 0 radical (unpaired) electrons. The van der Waals surface area contributed by atoms with Gasteiger partial charge in [0, 0.05) is 5.39 Å². The zero-order valence-electron chi connectivity index (χ0n) is 9.56. The molecule has 1 aromatic carbocycles. The van der Waals surface area contributed by atoms with Gasteiger partial charge < -0.3 is 9.73 Å². The number of nitrogens with zero attached hydrogens (tertiary/aromatic N) is 1. The van der Waals surface area contributed by atoms with Crippen molar-refractivity contribution >= 4 is 28.4 Å². The third kappa shape index (κ3) is 2.31. The second-order valence-corrected chi connectivity index (χ2v) is 4.34. The summed E-state index contributed by atoms with van der Waals surface area (Å²) >= 11 is 5.82. The van der Waals surface area contributed by atoms with Crippen molar-refractivity contribution in [3.63, 3.8) is 0 Å². The maximum atomic E-state index is 5.82. The van der Waals surface area contributed by atoms with Crippen LogP contribution in [0.2, 0.25) is 5.15 Å². The molecule has 2 aromatic heterocycles. The normalized spacial score (nSPS) is 10.7. The van der Waals surface area contributed by atoms with Gasteiger partial charge in [-0.1, -0.05) is 35.9 Å². The zero-order chi connectivity index (χ0) is 12.4. The monoisotopic (exact) mass is 258 g/mol. The lowest BCUT2D eigenvalue weighted by atomic mass is 10.2. The first kappa shape index (κ1) is 11.1. The van der Waals surface area contributed by atoms with Crippen molar-refractivity contribution in [2.45, 2.75) is 6.54 Å². The number of halogens is 1. The van der Waals surface area contributed by atoms with Gasteiger partial charge in [-0.2, -0.15) is 0 Å². The molecule has 1 N–H and O–H groups in total. The van der Waals surface area contributed by atoms with Crippen molar-refractivity contribution in [1.29, 1.82) is 0 Å². The van der Waals surface area contributed by atoms with Crippen LogP contribution >= 0.6 is 11.6 Å². The number of rotatable bonds is 3. The molecule has 4 heteroatoms. The molecule has 0 amide bonds. The summed E-state index contributed by atoms with van der Waals surface area (Å²) in [5.74, 6) is 1.61. The van der Waals surface area contributed by atoms with Crippen LogP contribution in [0.1, 0.15) is 5.76 Å². The largest absolute Gasteiger partial charge is 0.459 e. The number of hydrogen-bond donors (Lipinski definition) is 1. The molecule has 3 rings (SSSR count). The van der Waals surface area contributed by atoms with Crippen molar-refractivity contribution in [2.24, 2.45) is 0 Å². The highest BCUT2D eigenvalue weighted by Gasteiger charge is 2.03. The van der Waals surface area contributed by atoms with Crippen LogP contribution in [0.25, 0.3) is 11.0 Å². The van der Waals surface area contributed by atoms with Gasteiger partial charge in [0.2, 0.25) is 0 Å². The predicted molar refractivity (Wildman–Crippen MR) is 72.8 cm³/mol. The molecule has 0 aliphatic carbocycles. The molecule has 0 aliphatic heterocycles. The van der Waals surface area contributed by atoms with E-state index in [1.165, 1.54) is 0 Å². The number of nitrogens with one attached hydrogen (secondary N) is 1. The van der Waals surface area contributed by atoms with Gasteiger partial charge in [0.1, 0.15) is 22.3 Å². The highest BCUT2D eigenvalue weighted by atomic mass is 35.5. The van der Waals surface area contributed by atoms with E-state index in [0.717, 1.165) is 22.5 Å². The SMILES string of the molecule is Clc1cccc(NCc2cc3ccccc3o2)n1. The van der Waals surface area contributed by atoms with E-state index in [0.29, 0.717) is 11.7 Å². The Morgan fingerprint density at radius 1 is 1.11 bits per heavy atom. The average Bonchev–Trinajstić information content (AvgIpc) is 2.79. The summed E-state index contributed by atoms with van der Waals surface area (Å²) in [6, 6.07) is 15.4. The smallest absolute Gasteiger partial charge is 0.134 e. The van der Waals surface area contributed by atoms with Crippen LogP contribution in [0.5, 0.6) is 0 Å². The third-order valence-electron chi connectivity index (χ3n) is 2.64. The fourth-order valence-corrected chi connectivity index (χ4v) is 1.97. The molecule has 0 fully saturated rings. The van der Waals surface area contributed by atoms with Gasteiger partial charge in [0.05, 0.1) is 6.54 Å². The molecule has 0 saturated heterocycles. The molecule has 90 valence electrons. The number of benzene rings is 1. The number of pyridine rings is 1. The first-order valence-corrected chi connectivity index (χ1v) is 6.03. The Labute approximate surface area is 109 Å². The summed E-state index contributed by atoms with van der Waals surface area (Å²) in [5, 5.41) is 4.75. The summed E-state index contributed by atoms with van der Waals surface area (Å²) in [6.07, 6.45) is 0. The lowest BCUT2D eigenvalue weighted by Gasteiger charge is -2.02. The van der Waals surface area contributed by atoms with Gasteiger partial charge in [0.15, 0.2) is 0 Å². The molecule has 3 aromatic rings. The fourth-order valence-electron chi connectivity index (χ4n) is 1.81. The van der Waals surface area contributed by atoms with Crippen molar-refractivity contribution in [2.75, 3.05) is 5.32 Å². The predicted octanol–water partition coefficient (Wildman–Crippen LogP) is 4.09. The van der Waals surface area contributed by atoms with Crippen LogP contribution < -0.4 is 5.32 Å². The molecule has 3 nitrogen and oxygen atoms in total. The molecule has 0 bridgehead atoms. The topological polar surface area (TPSA) is 38.1 Å². The molecular weight excluding hydrogens is 248 g/mol. The minimum atomic E-state index is 0.476. The zero-order valence-corrected chi connectivity index (χ0v) is 10.3. The third-order valence-corrected chi connectivity index (χ3v) is 2.85. The Morgan fingerprint density at radius 3 is 2.83 bits per heavy atom. The first-order chi connectivity index (χ1) is 8.81. The van der Waals surface area contributed by atoms with Gasteiger partial charge >= 0.3 is 0 Å². The molecular formula is C14H11ClN2O.